The second-order valence-electron chi connectivity index (χ2n) is 6.74. The molecule has 1 aliphatic heterocycles. The number of nitrogens with zero attached hydrogens (tertiary/aromatic N) is 1. The number of halogens is 1. The standard InChI is InChI=1S/C20H23ClN4O4S/c1-2-29-16(26)8-10-25-9-7-14-15(11-25)30-19(17(14)18(22)27)24-20(28)23-13-5-3-12(21)4-6-13/h3-6H,2,7-11H2,1H3,(H2,22,27)(H2,23,24,28). The van der Waals surface area contributed by atoms with E-state index >= 15 is 0 Å². The normalized spacial score (nSPS) is 13.4. The molecule has 1 aromatic heterocycles. The van der Waals surface area contributed by atoms with Gasteiger partial charge in [-0.05, 0) is 43.2 Å². The van der Waals surface area contributed by atoms with E-state index in [1.807, 2.05) is 0 Å². The van der Waals surface area contributed by atoms with Crippen molar-refractivity contribution in [1.82, 2.24) is 4.90 Å². The molecule has 3 rings (SSSR count). The molecule has 8 nitrogen and oxygen atoms in total. The predicted octanol–water partition coefficient (Wildman–Crippen LogP) is 3.46. The monoisotopic (exact) mass is 450 g/mol. The van der Waals surface area contributed by atoms with Crippen molar-refractivity contribution in [2.75, 3.05) is 30.3 Å². The Kier molecular flexibility index (Phi) is 7.30. The number of amides is 3. The number of esters is 1. The largest absolute Gasteiger partial charge is 0.466 e. The molecule has 0 atom stereocenters. The average Bonchev–Trinajstić information content (AvgIpc) is 3.05. The Morgan fingerprint density at radius 2 is 1.97 bits per heavy atom. The van der Waals surface area contributed by atoms with Crippen LogP contribution in [-0.2, 0) is 22.5 Å². The highest BCUT2D eigenvalue weighted by atomic mass is 35.5. The second-order valence-corrected chi connectivity index (χ2v) is 8.28. The number of hydrogen-bond donors (Lipinski definition) is 3. The maximum atomic E-state index is 12.4. The van der Waals surface area contributed by atoms with Gasteiger partial charge >= 0.3 is 12.0 Å². The molecule has 0 bridgehead atoms. The lowest BCUT2D eigenvalue weighted by molar-refractivity contribution is -0.143. The summed E-state index contributed by atoms with van der Waals surface area (Å²) in [5, 5.41) is 6.43. The molecule has 0 unspecified atom stereocenters. The van der Waals surface area contributed by atoms with E-state index in [1.54, 1.807) is 31.2 Å². The van der Waals surface area contributed by atoms with Gasteiger partial charge in [0.15, 0.2) is 0 Å². The molecule has 160 valence electrons. The van der Waals surface area contributed by atoms with Gasteiger partial charge in [-0.1, -0.05) is 11.6 Å². The number of urea groups is 1. The van der Waals surface area contributed by atoms with Crippen molar-refractivity contribution in [3.05, 3.63) is 45.3 Å². The zero-order chi connectivity index (χ0) is 21.7. The Morgan fingerprint density at radius 1 is 1.23 bits per heavy atom. The van der Waals surface area contributed by atoms with E-state index in [4.69, 9.17) is 22.1 Å². The molecular weight excluding hydrogens is 428 g/mol. The third-order valence-corrected chi connectivity index (χ3v) is 6.03. The maximum Gasteiger partial charge on any atom is 0.324 e. The topological polar surface area (TPSA) is 114 Å². The van der Waals surface area contributed by atoms with Gasteiger partial charge in [0.1, 0.15) is 5.00 Å². The minimum absolute atomic E-state index is 0.228. The maximum absolute atomic E-state index is 12.4. The van der Waals surface area contributed by atoms with Gasteiger partial charge in [0.05, 0.1) is 18.6 Å². The Bertz CT molecular complexity index is 945. The van der Waals surface area contributed by atoms with Crippen LogP contribution in [-0.4, -0.2) is 42.5 Å². The Hall–Kier alpha value is -2.62. The lowest BCUT2D eigenvalue weighted by Gasteiger charge is -2.26. The van der Waals surface area contributed by atoms with Gasteiger partial charge in [-0.3, -0.25) is 19.8 Å². The van der Waals surface area contributed by atoms with Crippen molar-refractivity contribution < 1.29 is 19.1 Å². The van der Waals surface area contributed by atoms with E-state index in [-0.39, 0.29) is 5.97 Å². The molecule has 3 amide bonds. The molecule has 0 saturated heterocycles. The lowest BCUT2D eigenvalue weighted by atomic mass is 10.0. The SMILES string of the molecule is CCOC(=O)CCN1CCc2c(sc(NC(=O)Nc3ccc(Cl)cc3)c2C(N)=O)C1. The van der Waals surface area contributed by atoms with E-state index in [0.29, 0.717) is 60.4 Å². The number of nitrogens with one attached hydrogen (secondary N) is 2. The van der Waals surface area contributed by atoms with Gasteiger partial charge in [0.2, 0.25) is 0 Å². The third-order valence-electron chi connectivity index (χ3n) is 4.65. The molecule has 2 aromatic rings. The number of primary amides is 1. The Balaban J connectivity index is 1.69. The van der Waals surface area contributed by atoms with Gasteiger partial charge in [-0.25, -0.2) is 4.79 Å². The lowest BCUT2D eigenvalue weighted by Crippen LogP contribution is -2.32. The summed E-state index contributed by atoms with van der Waals surface area (Å²) >= 11 is 7.18. The van der Waals surface area contributed by atoms with Crippen molar-refractivity contribution in [1.29, 1.82) is 0 Å². The fourth-order valence-electron chi connectivity index (χ4n) is 3.28. The highest BCUT2D eigenvalue weighted by molar-refractivity contribution is 7.17. The first-order valence-corrected chi connectivity index (χ1v) is 10.7. The summed E-state index contributed by atoms with van der Waals surface area (Å²) in [4.78, 5) is 39.1. The van der Waals surface area contributed by atoms with Crippen molar-refractivity contribution in [2.45, 2.75) is 26.3 Å². The zero-order valence-electron chi connectivity index (χ0n) is 16.5. The van der Waals surface area contributed by atoms with Gasteiger partial charge < -0.3 is 15.8 Å². The van der Waals surface area contributed by atoms with Crippen LogP contribution in [0.25, 0.3) is 0 Å². The van der Waals surface area contributed by atoms with Crippen LogP contribution in [0.4, 0.5) is 15.5 Å². The van der Waals surface area contributed by atoms with E-state index < -0.39 is 11.9 Å². The van der Waals surface area contributed by atoms with Crippen molar-refractivity contribution in [3.8, 4) is 0 Å². The van der Waals surface area contributed by atoms with E-state index in [2.05, 4.69) is 15.5 Å². The molecule has 30 heavy (non-hydrogen) atoms. The van der Waals surface area contributed by atoms with Crippen molar-refractivity contribution >= 4 is 51.5 Å². The number of benzene rings is 1. The molecule has 0 aliphatic carbocycles. The minimum atomic E-state index is -0.575. The average molecular weight is 451 g/mol. The van der Waals surface area contributed by atoms with E-state index in [9.17, 15) is 14.4 Å². The van der Waals surface area contributed by atoms with Crippen LogP contribution in [0.15, 0.2) is 24.3 Å². The number of thiophene rings is 1. The number of rotatable bonds is 7. The van der Waals surface area contributed by atoms with Crippen LogP contribution < -0.4 is 16.4 Å². The van der Waals surface area contributed by atoms with Crippen LogP contribution >= 0.6 is 22.9 Å². The molecule has 4 N–H and O–H groups in total. The highest BCUT2D eigenvalue weighted by Gasteiger charge is 2.28. The minimum Gasteiger partial charge on any atom is -0.466 e. The van der Waals surface area contributed by atoms with Gasteiger partial charge in [-0.15, -0.1) is 11.3 Å². The van der Waals surface area contributed by atoms with Crippen LogP contribution in [0.5, 0.6) is 0 Å². The van der Waals surface area contributed by atoms with Crippen molar-refractivity contribution in [2.24, 2.45) is 5.73 Å². The molecule has 2 heterocycles. The van der Waals surface area contributed by atoms with Crippen LogP contribution in [0.2, 0.25) is 5.02 Å². The van der Waals surface area contributed by atoms with Gasteiger partial charge in [0, 0.05) is 35.2 Å². The summed E-state index contributed by atoms with van der Waals surface area (Å²) < 4.78 is 4.97. The number of nitrogens with two attached hydrogens (primary N) is 1. The Labute approximate surface area is 183 Å². The first kappa shape index (κ1) is 22.1. The predicted molar refractivity (Wildman–Crippen MR) is 117 cm³/mol. The number of carbonyl (C=O) groups excluding carboxylic acids is 3. The summed E-state index contributed by atoms with van der Waals surface area (Å²) in [6.07, 6.45) is 0.930. The summed E-state index contributed by atoms with van der Waals surface area (Å²) in [6, 6.07) is 6.22. The van der Waals surface area contributed by atoms with Gasteiger partial charge in [-0.2, -0.15) is 0 Å². The second kappa shape index (κ2) is 9.92. The summed E-state index contributed by atoms with van der Waals surface area (Å²) in [6.45, 7) is 3.99. The molecule has 1 aromatic carbocycles. The summed E-state index contributed by atoms with van der Waals surface area (Å²) in [7, 11) is 0. The molecular formula is C20H23ClN4O4S. The zero-order valence-corrected chi connectivity index (χ0v) is 18.1. The van der Waals surface area contributed by atoms with E-state index in [0.717, 1.165) is 10.4 Å². The number of hydrogen-bond acceptors (Lipinski definition) is 6. The first-order chi connectivity index (χ1) is 14.4. The number of ether oxygens (including phenoxy) is 1. The summed E-state index contributed by atoms with van der Waals surface area (Å²) in [5.41, 5.74) is 7.39. The summed E-state index contributed by atoms with van der Waals surface area (Å²) in [5.74, 6) is -0.803. The Morgan fingerprint density at radius 3 is 2.63 bits per heavy atom. The van der Waals surface area contributed by atoms with E-state index in [1.165, 1.54) is 11.3 Å². The highest BCUT2D eigenvalue weighted by Crippen LogP contribution is 2.37. The molecule has 0 saturated carbocycles. The van der Waals surface area contributed by atoms with Crippen LogP contribution in [0.1, 0.15) is 34.1 Å². The number of anilines is 2. The van der Waals surface area contributed by atoms with Crippen LogP contribution in [0.3, 0.4) is 0 Å². The van der Waals surface area contributed by atoms with Crippen molar-refractivity contribution in [3.63, 3.8) is 0 Å². The molecule has 10 heteroatoms. The molecule has 1 aliphatic rings. The van der Waals surface area contributed by atoms with Crippen LogP contribution in [0, 0.1) is 0 Å². The van der Waals surface area contributed by atoms with Gasteiger partial charge in [0.25, 0.3) is 5.91 Å². The smallest absolute Gasteiger partial charge is 0.324 e. The first-order valence-electron chi connectivity index (χ1n) is 9.53. The molecule has 0 radical (unpaired) electrons. The molecule has 0 spiro atoms. The fraction of sp³-hybridized carbons (Fsp3) is 0.350. The number of carbonyl (C=O) groups is 3. The quantitative estimate of drug-likeness (QED) is 0.559. The molecule has 0 fully saturated rings. The number of fused-ring (bicyclic) bond motifs is 1. The third kappa shape index (κ3) is 5.50. The fourth-order valence-corrected chi connectivity index (χ4v) is 4.69.